The molecule has 0 radical (unpaired) electrons. The van der Waals surface area contributed by atoms with E-state index in [1.807, 2.05) is 24.3 Å². The fraction of sp³-hybridized carbons (Fsp3) is 0.533. The van der Waals surface area contributed by atoms with Gasteiger partial charge in [0.05, 0.1) is 7.11 Å². The van der Waals surface area contributed by atoms with Crippen LogP contribution in [-0.2, 0) is 11.2 Å². The Balaban J connectivity index is 2.28. The summed E-state index contributed by atoms with van der Waals surface area (Å²) < 4.78 is 5.27. The number of carbonyl (C=O) groups excluding carboxylic acids is 1. The first-order valence-corrected chi connectivity index (χ1v) is 6.76. The molecule has 3 N–H and O–H groups in total. The van der Waals surface area contributed by atoms with Crippen molar-refractivity contribution >= 4 is 5.91 Å². The summed E-state index contributed by atoms with van der Waals surface area (Å²) in [6.45, 7) is 3.33. The zero-order chi connectivity index (χ0) is 14.1. The highest BCUT2D eigenvalue weighted by atomic mass is 16.5. The largest absolute Gasteiger partial charge is 0.496 e. The maximum absolute atomic E-state index is 11.6. The van der Waals surface area contributed by atoms with Crippen molar-refractivity contribution in [1.82, 2.24) is 5.32 Å². The van der Waals surface area contributed by atoms with Crippen molar-refractivity contribution in [2.45, 2.75) is 26.2 Å². The van der Waals surface area contributed by atoms with Crippen molar-refractivity contribution in [3.63, 3.8) is 0 Å². The van der Waals surface area contributed by atoms with Gasteiger partial charge >= 0.3 is 0 Å². The van der Waals surface area contributed by atoms with E-state index in [4.69, 9.17) is 10.5 Å². The van der Waals surface area contributed by atoms with Crippen molar-refractivity contribution < 1.29 is 9.53 Å². The number of hydrogen-bond acceptors (Lipinski definition) is 3. The maximum atomic E-state index is 11.6. The molecule has 1 unspecified atom stereocenters. The summed E-state index contributed by atoms with van der Waals surface area (Å²) in [5.74, 6) is 1.36. The smallest absolute Gasteiger partial charge is 0.220 e. The van der Waals surface area contributed by atoms with Crippen LogP contribution in [0.5, 0.6) is 5.75 Å². The molecule has 1 aromatic rings. The second-order valence-electron chi connectivity index (χ2n) is 4.79. The van der Waals surface area contributed by atoms with Gasteiger partial charge in [-0.25, -0.2) is 0 Å². The van der Waals surface area contributed by atoms with Gasteiger partial charge in [0.1, 0.15) is 5.75 Å². The molecule has 0 saturated heterocycles. The van der Waals surface area contributed by atoms with Crippen molar-refractivity contribution in [2.75, 3.05) is 20.2 Å². The summed E-state index contributed by atoms with van der Waals surface area (Å²) >= 11 is 0. The van der Waals surface area contributed by atoms with E-state index >= 15 is 0 Å². The van der Waals surface area contributed by atoms with Crippen LogP contribution in [0.15, 0.2) is 24.3 Å². The van der Waals surface area contributed by atoms with Gasteiger partial charge in [-0.05, 0) is 36.9 Å². The summed E-state index contributed by atoms with van der Waals surface area (Å²) in [6, 6.07) is 7.86. The molecule has 0 bridgehead atoms. The van der Waals surface area contributed by atoms with Crippen LogP contribution < -0.4 is 15.8 Å². The Bertz CT molecular complexity index is 393. The van der Waals surface area contributed by atoms with Crippen LogP contribution in [0.3, 0.4) is 0 Å². The van der Waals surface area contributed by atoms with Gasteiger partial charge in [0.2, 0.25) is 5.91 Å². The molecule has 0 heterocycles. The van der Waals surface area contributed by atoms with Crippen LogP contribution in [-0.4, -0.2) is 26.1 Å². The molecule has 1 rings (SSSR count). The molecule has 4 heteroatoms. The zero-order valence-electron chi connectivity index (χ0n) is 11.8. The molecule has 0 aliphatic rings. The third-order valence-corrected chi connectivity index (χ3v) is 3.18. The number of nitrogens with two attached hydrogens (primary N) is 1. The van der Waals surface area contributed by atoms with E-state index in [9.17, 15) is 4.79 Å². The second kappa shape index (κ2) is 8.53. The molecule has 0 aromatic heterocycles. The first kappa shape index (κ1) is 15.5. The number of benzene rings is 1. The van der Waals surface area contributed by atoms with E-state index in [0.717, 1.165) is 24.2 Å². The number of carbonyl (C=O) groups is 1. The van der Waals surface area contributed by atoms with Crippen LogP contribution >= 0.6 is 0 Å². The lowest BCUT2D eigenvalue weighted by atomic mass is 10.1. The first-order valence-electron chi connectivity index (χ1n) is 6.76. The Morgan fingerprint density at radius 1 is 1.42 bits per heavy atom. The Morgan fingerprint density at radius 3 is 2.84 bits per heavy atom. The first-order chi connectivity index (χ1) is 9.17. The summed E-state index contributed by atoms with van der Waals surface area (Å²) in [6.07, 6.45) is 2.17. The highest BCUT2D eigenvalue weighted by Gasteiger charge is 2.06. The summed E-state index contributed by atoms with van der Waals surface area (Å²) in [7, 11) is 1.66. The van der Waals surface area contributed by atoms with Crippen molar-refractivity contribution in [1.29, 1.82) is 0 Å². The average Bonchev–Trinajstić information content (AvgIpc) is 2.45. The molecule has 0 aliphatic heterocycles. The highest BCUT2D eigenvalue weighted by molar-refractivity contribution is 5.75. The summed E-state index contributed by atoms with van der Waals surface area (Å²) in [5, 5.41) is 2.93. The Kier molecular flexibility index (Phi) is 6.97. The lowest BCUT2D eigenvalue weighted by molar-refractivity contribution is -0.121. The molecular formula is C15H24N2O2. The van der Waals surface area contributed by atoms with Crippen LogP contribution in [0.2, 0.25) is 0 Å². The van der Waals surface area contributed by atoms with Crippen molar-refractivity contribution in [2.24, 2.45) is 11.7 Å². The second-order valence-corrected chi connectivity index (χ2v) is 4.79. The van der Waals surface area contributed by atoms with Gasteiger partial charge in [-0.1, -0.05) is 25.1 Å². The lowest BCUT2D eigenvalue weighted by Crippen LogP contribution is -2.26. The number of methoxy groups -OCH3 is 1. The van der Waals surface area contributed by atoms with Crippen molar-refractivity contribution in [3.05, 3.63) is 29.8 Å². The minimum atomic E-state index is 0.0928. The molecule has 0 fully saturated rings. The Morgan fingerprint density at radius 2 is 2.16 bits per heavy atom. The van der Waals surface area contributed by atoms with Gasteiger partial charge in [0.15, 0.2) is 0 Å². The Hall–Kier alpha value is -1.55. The number of para-hydroxylation sites is 1. The monoisotopic (exact) mass is 264 g/mol. The van der Waals surface area contributed by atoms with Crippen LogP contribution in [0.1, 0.15) is 25.3 Å². The van der Waals surface area contributed by atoms with Gasteiger partial charge in [-0.15, -0.1) is 0 Å². The minimum Gasteiger partial charge on any atom is -0.496 e. The maximum Gasteiger partial charge on any atom is 0.220 e. The quantitative estimate of drug-likeness (QED) is 0.751. The molecule has 0 spiro atoms. The van der Waals surface area contributed by atoms with Crippen LogP contribution in [0, 0.1) is 5.92 Å². The SMILES string of the molecule is COc1ccccc1CCNC(=O)CCC(C)CN. The van der Waals surface area contributed by atoms with Crippen LogP contribution in [0.25, 0.3) is 0 Å². The molecule has 0 saturated carbocycles. The van der Waals surface area contributed by atoms with Crippen molar-refractivity contribution in [3.8, 4) is 5.75 Å². The third-order valence-electron chi connectivity index (χ3n) is 3.18. The summed E-state index contributed by atoms with van der Waals surface area (Å²) in [4.78, 5) is 11.6. The topological polar surface area (TPSA) is 64.3 Å². The van der Waals surface area contributed by atoms with E-state index < -0.39 is 0 Å². The molecular weight excluding hydrogens is 240 g/mol. The number of rotatable bonds is 8. The predicted molar refractivity (Wildman–Crippen MR) is 77.2 cm³/mol. The normalized spacial score (nSPS) is 11.9. The van der Waals surface area contributed by atoms with E-state index in [2.05, 4.69) is 12.2 Å². The van der Waals surface area contributed by atoms with Gasteiger partial charge in [0.25, 0.3) is 0 Å². The fourth-order valence-electron chi connectivity index (χ4n) is 1.83. The molecule has 19 heavy (non-hydrogen) atoms. The molecule has 106 valence electrons. The van der Waals surface area contributed by atoms with E-state index in [1.165, 1.54) is 0 Å². The third kappa shape index (κ3) is 5.75. The van der Waals surface area contributed by atoms with E-state index in [-0.39, 0.29) is 5.91 Å². The number of nitrogens with one attached hydrogen (secondary N) is 1. The fourth-order valence-corrected chi connectivity index (χ4v) is 1.83. The zero-order valence-corrected chi connectivity index (χ0v) is 11.8. The average molecular weight is 264 g/mol. The molecule has 4 nitrogen and oxygen atoms in total. The highest BCUT2D eigenvalue weighted by Crippen LogP contribution is 2.17. The standard InChI is InChI=1S/C15H24N2O2/c1-12(11-16)7-8-15(18)17-10-9-13-5-3-4-6-14(13)19-2/h3-6,12H,7-11,16H2,1-2H3,(H,17,18). The van der Waals surface area contributed by atoms with Gasteiger partial charge in [-0.2, -0.15) is 0 Å². The summed E-state index contributed by atoms with van der Waals surface area (Å²) in [5.41, 5.74) is 6.63. The molecule has 0 aliphatic carbocycles. The van der Waals surface area contributed by atoms with Gasteiger partial charge < -0.3 is 15.8 Å². The predicted octanol–water partition coefficient (Wildman–Crippen LogP) is 1.73. The number of ether oxygens (including phenoxy) is 1. The minimum absolute atomic E-state index is 0.0928. The molecule has 1 aromatic carbocycles. The molecule has 1 amide bonds. The van der Waals surface area contributed by atoms with E-state index in [0.29, 0.717) is 25.4 Å². The lowest BCUT2D eigenvalue weighted by Gasteiger charge is -2.10. The van der Waals surface area contributed by atoms with Gasteiger partial charge in [0, 0.05) is 13.0 Å². The number of hydrogen-bond donors (Lipinski definition) is 2. The molecule has 1 atom stereocenters. The van der Waals surface area contributed by atoms with E-state index in [1.54, 1.807) is 7.11 Å². The van der Waals surface area contributed by atoms with Crippen LogP contribution in [0.4, 0.5) is 0 Å². The number of amides is 1. The Labute approximate surface area is 115 Å². The van der Waals surface area contributed by atoms with Gasteiger partial charge in [-0.3, -0.25) is 4.79 Å².